The van der Waals surface area contributed by atoms with Gasteiger partial charge < -0.3 is 5.32 Å². The lowest BCUT2D eigenvalue weighted by Gasteiger charge is -2.15. The SMILES string of the molecule is CCNC(=O)NC1=Nc2cc(-c3cc(Cc4n[nH]c(=O)c5ccccc45)ccc3C(F)(F)F)ccc2C1. The number of hydrogen-bond acceptors (Lipinski definition) is 4. The van der Waals surface area contributed by atoms with Crippen LogP contribution in [0.4, 0.5) is 23.7 Å². The number of amides is 2. The molecule has 0 fully saturated rings. The minimum atomic E-state index is -4.57. The lowest BCUT2D eigenvalue weighted by Crippen LogP contribution is -2.39. The zero-order valence-electron chi connectivity index (χ0n) is 19.7. The maximum absolute atomic E-state index is 14.0. The molecule has 0 radical (unpaired) electrons. The van der Waals surface area contributed by atoms with Crippen molar-refractivity contribution in [2.75, 3.05) is 6.54 Å². The van der Waals surface area contributed by atoms with E-state index in [1.54, 1.807) is 49.4 Å². The number of urea groups is 1. The van der Waals surface area contributed by atoms with Crippen LogP contribution in [0.5, 0.6) is 0 Å². The third-order valence-corrected chi connectivity index (χ3v) is 6.14. The molecule has 4 aromatic rings. The van der Waals surface area contributed by atoms with Crippen LogP contribution < -0.4 is 16.2 Å². The molecule has 1 aliphatic heterocycles. The van der Waals surface area contributed by atoms with E-state index < -0.39 is 11.7 Å². The number of hydrogen-bond donors (Lipinski definition) is 3. The van der Waals surface area contributed by atoms with Crippen LogP contribution in [0.25, 0.3) is 21.9 Å². The first-order valence-corrected chi connectivity index (χ1v) is 11.6. The molecule has 1 aliphatic rings. The number of rotatable bonds is 4. The zero-order chi connectivity index (χ0) is 26.2. The van der Waals surface area contributed by atoms with Gasteiger partial charge >= 0.3 is 12.2 Å². The highest BCUT2D eigenvalue weighted by atomic mass is 19.4. The number of carbonyl (C=O) groups excluding carboxylic acids is 1. The topological polar surface area (TPSA) is 99.2 Å². The van der Waals surface area contributed by atoms with Crippen molar-refractivity contribution in [2.45, 2.75) is 25.9 Å². The average molecular weight is 506 g/mol. The molecule has 188 valence electrons. The lowest BCUT2D eigenvalue weighted by atomic mass is 9.93. The minimum Gasteiger partial charge on any atom is -0.338 e. The van der Waals surface area contributed by atoms with Crippen molar-refractivity contribution in [3.05, 3.63) is 93.4 Å². The van der Waals surface area contributed by atoms with Crippen LogP contribution in [-0.4, -0.2) is 28.6 Å². The van der Waals surface area contributed by atoms with Gasteiger partial charge in [0.25, 0.3) is 5.56 Å². The molecule has 3 N–H and O–H groups in total. The molecule has 2 heterocycles. The molecule has 0 saturated heterocycles. The van der Waals surface area contributed by atoms with Crippen molar-refractivity contribution in [2.24, 2.45) is 4.99 Å². The maximum atomic E-state index is 14.0. The fraction of sp³-hybridized carbons (Fsp3) is 0.185. The van der Waals surface area contributed by atoms with Gasteiger partial charge in [0, 0.05) is 24.8 Å². The average Bonchev–Trinajstić information content (AvgIpc) is 3.26. The van der Waals surface area contributed by atoms with Crippen molar-refractivity contribution < 1.29 is 18.0 Å². The summed E-state index contributed by atoms with van der Waals surface area (Å²) in [6.45, 7) is 2.25. The van der Waals surface area contributed by atoms with Crippen LogP contribution in [0.3, 0.4) is 0 Å². The third kappa shape index (κ3) is 4.95. The third-order valence-electron chi connectivity index (χ3n) is 6.14. The molecular formula is C27H22F3N5O2. The summed E-state index contributed by atoms with van der Waals surface area (Å²) in [4.78, 5) is 28.3. The lowest BCUT2D eigenvalue weighted by molar-refractivity contribution is -0.137. The number of H-pyrrole nitrogens is 1. The van der Waals surface area contributed by atoms with Crippen molar-refractivity contribution in [3.63, 3.8) is 0 Å². The number of fused-ring (bicyclic) bond motifs is 2. The number of nitrogens with one attached hydrogen (secondary N) is 3. The Morgan fingerprint density at radius 3 is 2.59 bits per heavy atom. The van der Waals surface area contributed by atoms with Crippen LogP contribution in [0, 0.1) is 0 Å². The summed E-state index contributed by atoms with van der Waals surface area (Å²) in [7, 11) is 0. The Labute approximate surface area is 209 Å². The molecule has 0 aliphatic carbocycles. The van der Waals surface area contributed by atoms with E-state index >= 15 is 0 Å². The number of nitrogens with zero attached hydrogens (tertiary/aromatic N) is 2. The van der Waals surface area contributed by atoms with Crippen LogP contribution in [0.2, 0.25) is 0 Å². The van der Waals surface area contributed by atoms with Crippen molar-refractivity contribution >= 4 is 28.3 Å². The van der Waals surface area contributed by atoms with Crippen molar-refractivity contribution in [3.8, 4) is 11.1 Å². The van der Waals surface area contributed by atoms with Gasteiger partial charge in [-0.2, -0.15) is 18.3 Å². The fourth-order valence-electron chi connectivity index (χ4n) is 4.45. The van der Waals surface area contributed by atoms with Crippen LogP contribution in [-0.2, 0) is 19.0 Å². The monoisotopic (exact) mass is 505 g/mol. The summed E-state index contributed by atoms with van der Waals surface area (Å²) in [5.41, 5.74) is 1.76. The predicted molar refractivity (Wildman–Crippen MR) is 135 cm³/mol. The number of aromatic nitrogens is 2. The van der Waals surface area contributed by atoms with E-state index in [1.165, 1.54) is 12.1 Å². The molecule has 10 heteroatoms. The second-order valence-electron chi connectivity index (χ2n) is 8.66. The molecule has 1 aromatic heterocycles. The molecule has 7 nitrogen and oxygen atoms in total. The number of aromatic amines is 1. The minimum absolute atomic E-state index is 0.0156. The van der Waals surface area contributed by atoms with Gasteiger partial charge in [0.2, 0.25) is 0 Å². The molecule has 0 bridgehead atoms. The summed E-state index contributed by atoms with van der Waals surface area (Å²) in [6, 6.07) is 15.5. The van der Waals surface area contributed by atoms with Crippen molar-refractivity contribution in [1.82, 2.24) is 20.8 Å². The molecule has 2 amide bonds. The molecule has 37 heavy (non-hydrogen) atoms. The van der Waals surface area contributed by atoms with E-state index in [2.05, 4.69) is 25.8 Å². The first-order chi connectivity index (χ1) is 17.7. The number of aliphatic imine (C=N–C) groups is 1. The number of alkyl halides is 3. The summed E-state index contributed by atoms with van der Waals surface area (Å²) in [6.07, 6.45) is -3.96. The van der Waals surface area contributed by atoms with E-state index in [-0.39, 0.29) is 23.6 Å². The number of carbonyl (C=O) groups is 1. The fourth-order valence-corrected chi connectivity index (χ4v) is 4.45. The number of amidine groups is 1. The van der Waals surface area contributed by atoms with E-state index in [9.17, 15) is 22.8 Å². The molecule has 5 rings (SSSR count). The van der Waals surface area contributed by atoms with Gasteiger partial charge in [-0.05, 0) is 47.4 Å². The normalized spacial score (nSPS) is 12.8. The second kappa shape index (κ2) is 9.53. The summed E-state index contributed by atoms with van der Waals surface area (Å²) in [5.74, 6) is 0.430. The van der Waals surface area contributed by atoms with Crippen LogP contribution in [0.15, 0.2) is 70.5 Å². The first kappa shape index (κ1) is 24.2. The largest absolute Gasteiger partial charge is 0.417 e. The molecular weight excluding hydrogens is 483 g/mol. The highest BCUT2D eigenvalue weighted by molar-refractivity contribution is 6.02. The van der Waals surface area contributed by atoms with Gasteiger partial charge in [-0.1, -0.05) is 42.5 Å². The Kier molecular flexibility index (Phi) is 6.24. The smallest absolute Gasteiger partial charge is 0.338 e. The number of halogens is 3. The molecule has 0 spiro atoms. The van der Waals surface area contributed by atoms with Gasteiger partial charge in [0.05, 0.1) is 22.3 Å². The standard InChI is InChI=1S/C27H22F3N5O2/c1-2-31-26(37)33-24-14-17-9-8-16(13-22(17)32-24)20-11-15(7-10-21(20)27(28,29)30)12-23-18-5-3-4-6-19(18)25(36)35-34-23/h3-11,13H,2,12,14H2,1H3,(H,35,36)(H2,31,32,33,37). The maximum Gasteiger partial charge on any atom is 0.417 e. The molecule has 0 unspecified atom stereocenters. The quantitative estimate of drug-likeness (QED) is 0.360. The summed E-state index contributed by atoms with van der Waals surface area (Å²) >= 11 is 0. The van der Waals surface area contributed by atoms with Gasteiger partial charge in [0.1, 0.15) is 5.84 Å². The Bertz CT molecular complexity index is 1610. The van der Waals surface area contributed by atoms with Gasteiger partial charge in [-0.15, -0.1) is 0 Å². The first-order valence-electron chi connectivity index (χ1n) is 11.6. The zero-order valence-corrected chi connectivity index (χ0v) is 19.7. The van der Waals surface area contributed by atoms with Crippen LogP contribution >= 0.6 is 0 Å². The predicted octanol–water partition coefficient (Wildman–Crippen LogP) is 5.10. The number of benzene rings is 3. The van der Waals surface area contributed by atoms with Gasteiger partial charge in [-0.25, -0.2) is 14.9 Å². The summed E-state index contributed by atoms with van der Waals surface area (Å²) < 4.78 is 41.9. The molecule has 0 saturated carbocycles. The van der Waals surface area contributed by atoms with E-state index in [0.717, 1.165) is 11.6 Å². The Morgan fingerprint density at radius 1 is 1.05 bits per heavy atom. The van der Waals surface area contributed by atoms with Crippen LogP contribution in [0.1, 0.15) is 29.3 Å². The molecule has 3 aromatic carbocycles. The van der Waals surface area contributed by atoms with E-state index in [1.807, 2.05) is 0 Å². The van der Waals surface area contributed by atoms with Crippen molar-refractivity contribution in [1.29, 1.82) is 0 Å². The highest BCUT2D eigenvalue weighted by Gasteiger charge is 2.34. The molecule has 0 atom stereocenters. The second-order valence-corrected chi connectivity index (χ2v) is 8.66. The Morgan fingerprint density at radius 2 is 1.84 bits per heavy atom. The Balaban J connectivity index is 1.53. The van der Waals surface area contributed by atoms with Gasteiger partial charge in [-0.3, -0.25) is 10.1 Å². The van der Waals surface area contributed by atoms with E-state index in [0.29, 0.717) is 52.1 Å². The van der Waals surface area contributed by atoms with Gasteiger partial charge in [0.15, 0.2) is 0 Å². The summed E-state index contributed by atoms with van der Waals surface area (Å²) in [5, 5.41) is 13.0. The van der Waals surface area contributed by atoms with E-state index in [4.69, 9.17) is 0 Å². The highest BCUT2D eigenvalue weighted by Crippen LogP contribution is 2.40. The Hall–Kier alpha value is -4.47.